The highest BCUT2D eigenvalue weighted by Crippen LogP contribution is 2.31. The molecule has 0 aromatic heterocycles. The van der Waals surface area contributed by atoms with Gasteiger partial charge in [0.05, 0.1) is 6.61 Å². The van der Waals surface area contributed by atoms with Gasteiger partial charge in [-0.1, -0.05) is 38.1 Å². The Labute approximate surface area is 110 Å². The molecule has 18 heavy (non-hydrogen) atoms. The normalized spacial score (nSPS) is 17.8. The maximum Gasteiger partial charge on any atom is 0.0613 e. The zero-order chi connectivity index (χ0) is 13.0. The molecule has 100 valence electrons. The quantitative estimate of drug-likeness (QED) is 0.810. The van der Waals surface area contributed by atoms with Crippen LogP contribution >= 0.6 is 0 Å². The van der Waals surface area contributed by atoms with Gasteiger partial charge in [0.25, 0.3) is 0 Å². The van der Waals surface area contributed by atoms with Crippen LogP contribution in [0.1, 0.15) is 44.2 Å². The summed E-state index contributed by atoms with van der Waals surface area (Å²) in [6.45, 7) is 5.62. The summed E-state index contributed by atoms with van der Waals surface area (Å²) in [6, 6.07) is 8.86. The second-order valence-corrected chi connectivity index (χ2v) is 6.06. The van der Waals surface area contributed by atoms with E-state index in [4.69, 9.17) is 0 Å². The van der Waals surface area contributed by atoms with Crippen LogP contribution in [0.25, 0.3) is 0 Å². The Kier molecular flexibility index (Phi) is 4.41. The Morgan fingerprint density at radius 1 is 1.17 bits per heavy atom. The van der Waals surface area contributed by atoms with Gasteiger partial charge in [-0.25, -0.2) is 0 Å². The fourth-order valence-corrected chi connectivity index (χ4v) is 2.55. The number of aliphatic hydroxyl groups is 1. The fourth-order valence-electron chi connectivity index (χ4n) is 2.55. The van der Waals surface area contributed by atoms with Crippen molar-refractivity contribution in [3.8, 4) is 0 Å². The Balaban J connectivity index is 1.86. The van der Waals surface area contributed by atoms with Crippen LogP contribution in [0.15, 0.2) is 24.3 Å². The standard InChI is InChI=1S/C16H25NO/c1-13(2)10-14-4-6-15(7-5-14)11-17-16(12-18)8-3-9-16/h4-7,13,17-18H,3,8-12H2,1-2H3. The summed E-state index contributed by atoms with van der Waals surface area (Å²) in [4.78, 5) is 0. The Morgan fingerprint density at radius 3 is 2.22 bits per heavy atom. The van der Waals surface area contributed by atoms with Crippen LogP contribution in [0.4, 0.5) is 0 Å². The van der Waals surface area contributed by atoms with Gasteiger partial charge < -0.3 is 10.4 Å². The summed E-state index contributed by atoms with van der Waals surface area (Å²) in [7, 11) is 0. The molecule has 2 nitrogen and oxygen atoms in total. The molecule has 1 saturated carbocycles. The predicted molar refractivity (Wildman–Crippen MR) is 75.5 cm³/mol. The van der Waals surface area contributed by atoms with Gasteiger partial charge in [0, 0.05) is 12.1 Å². The minimum absolute atomic E-state index is 0.0105. The van der Waals surface area contributed by atoms with E-state index in [9.17, 15) is 5.11 Å². The van der Waals surface area contributed by atoms with Crippen molar-refractivity contribution in [2.45, 2.75) is 51.6 Å². The van der Waals surface area contributed by atoms with E-state index in [1.54, 1.807) is 0 Å². The lowest BCUT2D eigenvalue weighted by Crippen LogP contribution is -2.53. The molecule has 1 aromatic rings. The Morgan fingerprint density at radius 2 is 1.78 bits per heavy atom. The molecule has 1 fully saturated rings. The fraction of sp³-hybridized carbons (Fsp3) is 0.625. The lowest BCUT2D eigenvalue weighted by atomic mass is 9.77. The molecule has 0 bridgehead atoms. The average molecular weight is 247 g/mol. The Bertz CT molecular complexity index is 360. The largest absolute Gasteiger partial charge is 0.394 e. The molecule has 0 radical (unpaired) electrons. The van der Waals surface area contributed by atoms with Crippen molar-refractivity contribution in [2.75, 3.05) is 6.61 Å². The van der Waals surface area contributed by atoms with Gasteiger partial charge in [-0.15, -0.1) is 0 Å². The monoisotopic (exact) mass is 247 g/mol. The third-order valence-corrected chi connectivity index (χ3v) is 3.95. The maximum absolute atomic E-state index is 9.40. The first-order valence-corrected chi connectivity index (χ1v) is 7.07. The molecule has 2 heteroatoms. The second-order valence-electron chi connectivity index (χ2n) is 6.06. The highest BCUT2D eigenvalue weighted by Gasteiger charge is 2.35. The first kappa shape index (κ1) is 13.6. The minimum atomic E-state index is 0.0105. The van der Waals surface area contributed by atoms with E-state index in [1.165, 1.54) is 17.5 Å². The van der Waals surface area contributed by atoms with Crippen molar-refractivity contribution in [2.24, 2.45) is 5.92 Å². The van der Waals surface area contributed by atoms with Crippen LogP contribution in [-0.2, 0) is 13.0 Å². The maximum atomic E-state index is 9.40. The van der Waals surface area contributed by atoms with E-state index in [0.717, 1.165) is 25.8 Å². The van der Waals surface area contributed by atoms with E-state index in [1.807, 2.05) is 0 Å². The smallest absolute Gasteiger partial charge is 0.0613 e. The molecule has 0 heterocycles. The highest BCUT2D eigenvalue weighted by molar-refractivity contribution is 5.23. The van der Waals surface area contributed by atoms with Crippen molar-refractivity contribution in [1.29, 1.82) is 0 Å². The Hall–Kier alpha value is -0.860. The molecule has 0 atom stereocenters. The average Bonchev–Trinajstić information content (AvgIpc) is 2.30. The van der Waals surface area contributed by atoms with Crippen LogP contribution < -0.4 is 5.32 Å². The summed E-state index contributed by atoms with van der Waals surface area (Å²) < 4.78 is 0. The summed E-state index contributed by atoms with van der Waals surface area (Å²) in [6.07, 6.45) is 4.60. The topological polar surface area (TPSA) is 32.3 Å². The second kappa shape index (κ2) is 5.85. The SMILES string of the molecule is CC(C)Cc1ccc(CNC2(CO)CCC2)cc1. The number of nitrogens with one attached hydrogen (secondary N) is 1. The summed E-state index contributed by atoms with van der Waals surface area (Å²) in [5.41, 5.74) is 2.73. The highest BCUT2D eigenvalue weighted by atomic mass is 16.3. The molecule has 2 rings (SSSR count). The predicted octanol–water partition coefficient (Wildman–Crippen LogP) is 2.89. The summed E-state index contributed by atoms with van der Waals surface area (Å²) in [5.74, 6) is 0.710. The number of hydrogen-bond acceptors (Lipinski definition) is 2. The van der Waals surface area contributed by atoms with E-state index in [0.29, 0.717) is 5.92 Å². The van der Waals surface area contributed by atoms with Crippen LogP contribution in [0, 0.1) is 5.92 Å². The van der Waals surface area contributed by atoms with Crippen molar-refractivity contribution < 1.29 is 5.11 Å². The van der Waals surface area contributed by atoms with Gasteiger partial charge in [0.15, 0.2) is 0 Å². The number of benzene rings is 1. The molecule has 1 aliphatic carbocycles. The van der Waals surface area contributed by atoms with E-state index < -0.39 is 0 Å². The molecule has 1 aliphatic rings. The van der Waals surface area contributed by atoms with Gasteiger partial charge in [-0.05, 0) is 42.7 Å². The molecule has 0 amide bonds. The lowest BCUT2D eigenvalue weighted by Gasteiger charge is -2.41. The minimum Gasteiger partial charge on any atom is -0.394 e. The van der Waals surface area contributed by atoms with E-state index in [2.05, 4.69) is 43.4 Å². The molecule has 0 spiro atoms. The van der Waals surface area contributed by atoms with Crippen molar-refractivity contribution in [1.82, 2.24) is 5.32 Å². The third kappa shape index (κ3) is 3.33. The zero-order valence-electron chi connectivity index (χ0n) is 11.6. The van der Waals surface area contributed by atoms with Gasteiger partial charge >= 0.3 is 0 Å². The van der Waals surface area contributed by atoms with E-state index >= 15 is 0 Å². The number of rotatable bonds is 6. The van der Waals surface area contributed by atoms with Gasteiger partial charge in [-0.2, -0.15) is 0 Å². The molecule has 1 aromatic carbocycles. The summed E-state index contributed by atoms with van der Waals surface area (Å²) >= 11 is 0. The van der Waals surface area contributed by atoms with E-state index in [-0.39, 0.29) is 12.1 Å². The summed E-state index contributed by atoms with van der Waals surface area (Å²) in [5, 5.41) is 12.9. The molecule has 2 N–H and O–H groups in total. The van der Waals surface area contributed by atoms with Crippen molar-refractivity contribution in [3.05, 3.63) is 35.4 Å². The first-order chi connectivity index (χ1) is 8.63. The van der Waals surface area contributed by atoms with Crippen LogP contribution in [-0.4, -0.2) is 17.3 Å². The van der Waals surface area contributed by atoms with Crippen molar-refractivity contribution in [3.63, 3.8) is 0 Å². The van der Waals surface area contributed by atoms with Gasteiger partial charge in [0.2, 0.25) is 0 Å². The van der Waals surface area contributed by atoms with Crippen LogP contribution in [0.5, 0.6) is 0 Å². The van der Waals surface area contributed by atoms with Crippen LogP contribution in [0.2, 0.25) is 0 Å². The molecular weight excluding hydrogens is 222 g/mol. The first-order valence-electron chi connectivity index (χ1n) is 7.07. The number of hydrogen-bond donors (Lipinski definition) is 2. The lowest BCUT2D eigenvalue weighted by molar-refractivity contribution is 0.0872. The molecular formula is C16H25NO. The van der Waals surface area contributed by atoms with Gasteiger partial charge in [-0.3, -0.25) is 0 Å². The van der Waals surface area contributed by atoms with Crippen LogP contribution in [0.3, 0.4) is 0 Å². The van der Waals surface area contributed by atoms with Gasteiger partial charge in [0.1, 0.15) is 0 Å². The molecule has 0 aliphatic heterocycles. The molecule has 0 unspecified atom stereocenters. The molecule has 0 saturated heterocycles. The van der Waals surface area contributed by atoms with Crippen molar-refractivity contribution >= 4 is 0 Å². The zero-order valence-corrected chi connectivity index (χ0v) is 11.6. The third-order valence-electron chi connectivity index (χ3n) is 3.95. The number of aliphatic hydroxyl groups excluding tert-OH is 1.